The zero-order chi connectivity index (χ0) is 13.5. The smallest absolute Gasteiger partial charge is 0.316 e. The number of benzene rings is 1. The molecule has 4 heteroatoms. The highest BCUT2D eigenvalue weighted by atomic mass is 16.2. The van der Waals surface area contributed by atoms with Gasteiger partial charge in [0.25, 0.3) is 0 Å². The first-order chi connectivity index (χ1) is 8.52. The lowest BCUT2D eigenvalue weighted by Crippen LogP contribution is -2.28. The molecule has 0 saturated heterocycles. The second-order valence-corrected chi connectivity index (χ2v) is 4.69. The summed E-state index contributed by atoms with van der Waals surface area (Å²) in [5, 5.41) is 6.10. The third-order valence-corrected chi connectivity index (χ3v) is 2.93. The van der Waals surface area contributed by atoms with Crippen LogP contribution in [0.1, 0.15) is 45.2 Å². The summed E-state index contributed by atoms with van der Waals surface area (Å²) < 4.78 is 0. The van der Waals surface area contributed by atoms with Crippen LogP contribution in [-0.4, -0.2) is 12.1 Å². The van der Waals surface area contributed by atoms with Crippen molar-refractivity contribution in [1.82, 2.24) is 5.32 Å². The first kappa shape index (κ1) is 14.5. The molecule has 4 nitrogen and oxygen atoms in total. The lowest BCUT2D eigenvalue weighted by molar-refractivity contribution is 0.259. The van der Waals surface area contributed by atoms with E-state index in [4.69, 9.17) is 5.73 Å². The van der Waals surface area contributed by atoms with Gasteiger partial charge in [0.1, 0.15) is 0 Å². The molecule has 0 spiro atoms. The molecular formula is C14H23N3O. The number of carbonyl (C=O) groups is 1. The molecule has 18 heavy (non-hydrogen) atoms. The summed E-state index contributed by atoms with van der Waals surface area (Å²) in [6, 6.07) is 8.00. The monoisotopic (exact) mass is 249 g/mol. The Morgan fingerprint density at radius 1 is 1.28 bits per heavy atom. The summed E-state index contributed by atoms with van der Waals surface area (Å²) in [4.78, 5) is 10.7. The molecule has 0 saturated carbocycles. The van der Waals surface area contributed by atoms with E-state index in [2.05, 4.69) is 31.4 Å². The van der Waals surface area contributed by atoms with Gasteiger partial charge in [0, 0.05) is 17.8 Å². The number of nitrogens with two attached hydrogens (primary N) is 1. The minimum Gasteiger partial charge on any atom is -0.351 e. The SMILES string of the molecule is CCCC(C)NC(C)c1ccc(NC(N)=O)cc1. The van der Waals surface area contributed by atoms with Crippen molar-refractivity contribution in [3.63, 3.8) is 0 Å². The van der Waals surface area contributed by atoms with Crippen LogP contribution in [0, 0.1) is 0 Å². The molecule has 0 radical (unpaired) electrons. The number of hydrogen-bond donors (Lipinski definition) is 3. The van der Waals surface area contributed by atoms with E-state index in [0.29, 0.717) is 12.1 Å². The van der Waals surface area contributed by atoms with Gasteiger partial charge >= 0.3 is 6.03 Å². The highest BCUT2D eigenvalue weighted by Crippen LogP contribution is 2.17. The van der Waals surface area contributed by atoms with Gasteiger partial charge in [-0.25, -0.2) is 4.79 Å². The Kier molecular flexibility index (Phi) is 5.65. The molecule has 2 unspecified atom stereocenters. The Labute approximate surface area is 109 Å². The summed E-state index contributed by atoms with van der Waals surface area (Å²) in [5.74, 6) is 0. The van der Waals surface area contributed by atoms with Crippen molar-refractivity contribution >= 4 is 11.7 Å². The standard InChI is InChI=1S/C14H23N3O/c1-4-5-10(2)16-11(3)12-6-8-13(9-7-12)17-14(15)18/h6-11,16H,4-5H2,1-3H3,(H3,15,17,18). The van der Waals surface area contributed by atoms with Crippen molar-refractivity contribution in [2.45, 2.75) is 45.7 Å². The van der Waals surface area contributed by atoms with E-state index in [9.17, 15) is 4.79 Å². The second-order valence-electron chi connectivity index (χ2n) is 4.69. The predicted molar refractivity (Wildman–Crippen MR) is 75.6 cm³/mol. The predicted octanol–water partition coefficient (Wildman–Crippen LogP) is 3.02. The van der Waals surface area contributed by atoms with Crippen molar-refractivity contribution in [3.05, 3.63) is 29.8 Å². The van der Waals surface area contributed by atoms with Crippen molar-refractivity contribution in [1.29, 1.82) is 0 Å². The molecule has 0 heterocycles. The lowest BCUT2D eigenvalue weighted by Gasteiger charge is -2.20. The third-order valence-electron chi connectivity index (χ3n) is 2.93. The molecule has 100 valence electrons. The first-order valence-electron chi connectivity index (χ1n) is 6.45. The number of hydrogen-bond acceptors (Lipinski definition) is 2. The molecule has 0 fully saturated rings. The number of carbonyl (C=O) groups excluding carboxylic acids is 1. The molecule has 0 bridgehead atoms. The van der Waals surface area contributed by atoms with Gasteiger partial charge in [0.2, 0.25) is 0 Å². The molecule has 1 aromatic rings. The van der Waals surface area contributed by atoms with Crippen LogP contribution in [0.3, 0.4) is 0 Å². The van der Waals surface area contributed by atoms with Gasteiger partial charge in [-0.3, -0.25) is 0 Å². The molecule has 0 aliphatic carbocycles. The first-order valence-corrected chi connectivity index (χ1v) is 6.45. The minimum absolute atomic E-state index is 0.300. The summed E-state index contributed by atoms with van der Waals surface area (Å²) in [6.07, 6.45) is 2.36. The van der Waals surface area contributed by atoms with Crippen LogP contribution in [-0.2, 0) is 0 Å². The van der Waals surface area contributed by atoms with E-state index in [-0.39, 0.29) is 0 Å². The molecule has 1 rings (SSSR count). The fourth-order valence-corrected chi connectivity index (χ4v) is 2.04. The largest absolute Gasteiger partial charge is 0.351 e. The van der Waals surface area contributed by atoms with Gasteiger partial charge in [-0.1, -0.05) is 25.5 Å². The maximum Gasteiger partial charge on any atom is 0.316 e. The third kappa shape index (κ3) is 4.75. The van der Waals surface area contributed by atoms with Crippen molar-refractivity contribution in [3.8, 4) is 0 Å². The quantitative estimate of drug-likeness (QED) is 0.725. The Morgan fingerprint density at radius 3 is 2.39 bits per heavy atom. The normalized spacial score (nSPS) is 13.9. The average Bonchev–Trinajstić information content (AvgIpc) is 2.29. The lowest BCUT2D eigenvalue weighted by atomic mass is 10.1. The van der Waals surface area contributed by atoms with Crippen molar-refractivity contribution in [2.75, 3.05) is 5.32 Å². The summed E-state index contributed by atoms with van der Waals surface area (Å²) in [7, 11) is 0. The van der Waals surface area contributed by atoms with Gasteiger partial charge in [-0.05, 0) is 38.0 Å². The van der Waals surface area contributed by atoms with Crippen molar-refractivity contribution in [2.24, 2.45) is 5.73 Å². The molecule has 1 aromatic carbocycles. The van der Waals surface area contributed by atoms with E-state index in [0.717, 1.165) is 5.69 Å². The minimum atomic E-state index is -0.537. The maximum atomic E-state index is 10.7. The van der Waals surface area contributed by atoms with E-state index >= 15 is 0 Å². The van der Waals surface area contributed by atoms with Crippen LogP contribution < -0.4 is 16.4 Å². The van der Waals surface area contributed by atoms with Crippen LogP contribution in [0.5, 0.6) is 0 Å². The number of anilines is 1. The Balaban J connectivity index is 2.58. The molecule has 0 aliphatic heterocycles. The summed E-state index contributed by atoms with van der Waals surface area (Å²) in [5.41, 5.74) is 6.98. The fourth-order valence-electron chi connectivity index (χ4n) is 2.04. The zero-order valence-electron chi connectivity index (χ0n) is 11.4. The van der Waals surface area contributed by atoms with E-state index in [1.165, 1.54) is 18.4 Å². The molecule has 0 aliphatic rings. The maximum absolute atomic E-state index is 10.7. The summed E-state index contributed by atoms with van der Waals surface area (Å²) in [6.45, 7) is 6.53. The highest BCUT2D eigenvalue weighted by molar-refractivity contribution is 5.87. The van der Waals surface area contributed by atoms with Crippen LogP contribution in [0.15, 0.2) is 24.3 Å². The Hall–Kier alpha value is -1.55. The molecular weight excluding hydrogens is 226 g/mol. The topological polar surface area (TPSA) is 67.2 Å². The molecule has 2 amide bonds. The zero-order valence-corrected chi connectivity index (χ0v) is 11.4. The number of amides is 2. The fraction of sp³-hybridized carbons (Fsp3) is 0.500. The van der Waals surface area contributed by atoms with Gasteiger partial charge < -0.3 is 16.4 Å². The molecule has 0 aromatic heterocycles. The Bertz CT molecular complexity index is 375. The van der Waals surface area contributed by atoms with Crippen LogP contribution in [0.25, 0.3) is 0 Å². The van der Waals surface area contributed by atoms with Gasteiger partial charge in [-0.2, -0.15) is 0 Å². The van der Waals surface area contributed by atoms with Crippen LogP contribution in [0.4, 0.5) is 10.5 Å². The van der Waals surface area contributed by atoms with Crippen molar-refractivity contribution < 1.29 is 4.79 Å². The average molecular weight is 249 g/mol. The van der Waals surface area contributed by atoms with Crippen LogP contribution >= 0.6 is 0 Å². The van der Waals surface area contributed by atoms with E-state index < -0.39 is 6.03 Å². The highest BCUT2D eigenvalue weighted by Gasteiger charge is 2.08. The Morgan fingerprint density at radius 2 is 1.89 bits per heavy atom. The number of rotatable bonds is 6. The van der Waals surface area contributed by atoms with E-state index in [1.54, 1.807) is 0 Å². The number of primary amides is 1. The summed E-state index contributed by atoms with van der Waals surface area (Å²) >= 11 is 0. The van der Waals surface area contributed by atoms with Gasteiger partial charge in [0.05, 0.1) is 0 Å². The van der Waals surface area contributed by atoms with Gasteiger partial charge in [-0.15, -0.1) is 0 Å². The van der Waals surface area contributed by atoms with E-state index in [1.807, 2.05) is 24.3 Å². The second kappa shape index (κ2) is 7.01. The molecule has 4 N–H and O–H groups in total. The van der Waals surface area contributed by atoms with Crippen LogP contribution in [0.2, 0.25) is 0 Å². The van der Waals surface area contributed by atoms with Gasteiger partial charge in [0.15, 0.2) is 0 Å². The number of nitrogens with one attached hydrogen (secondary N) is 2. The molecule has 2 atom stereocenters. The number of urea groups is 1.